The van der Waals surface area contributed by atoms with E-state index < -0.39 is 0 Å². The lowest BCUT2D eigenvalue weighted by Crippen LogP contribution is -2.42. The van der Waals surface area contributed by atoms with Crippen molar-refractivity contribution in [3.8, 4) is 0 Å². The van der Waals surface area contributed by atoms with E-state index in [4.69, 9.17) is 5.73 Å². The molecule has 0 bridgehead atoms. The van der Waals surface area contributed by atoms with Crippen LogP contribution in [-0.4, -0.2) is 35.2 Å². The van der Waals surface area contributed by atoms with Crippen LogP contribution in [0.15, 0.2) is 28.7 Å². The highest BCUT2D eigenvalue weighted by molar-refractivity contribution is 9.10. The van der Waals surface area contributed by atoms with Crippen LogP contribution in [0.4, 0.5) is 0 Å². The Hall–Kier alpha value is -0.420. The quantitative estimate of drug-likeness (QED) is 0.847. The van der Waals surface area contributed by atoms with Crippen LogP contribution in [0.5, 0.6) is 0 Å². The molecule has 2 atom stereocenters. The predicted octanol–water partition coefficient (Wildman–Crippen LogP) is 2.29. The zero-order valence-electron chi connectivity index (χ0n) is 10.7. The third kappa shape index (κ3) is 3.12. The Morgan fingerprint density at radius 3 is 2.61 bits per heavy atom. The van der Waals surface area contributed by atoms with Crippen molar-refractivity contribution >= 4 is 15.9 Å². The maximum atomic E-state index is 9.27. The molecule has 1 aromatic rings. The van der Waals surface area contributed by atoms with Gasteiger partial charge in [-0.15, -0.1) is 0 Å². The fraction of sp³-hybridized carbons (Fsp3) is 0.571. The number of rotatable bonds is 6. The van der Waals surface area contributed by atoms with Crippen molar-refractivity contribution in [1.29, 1.82) is 0 Å². The Morgan fingerprint density at radius 2 is 2.11 bits per heavy atom. The van der Waals surface area contributed by atoms with Gasteiger partial charge in [0.15, 0.2) is 0 Å². The number of hydrogen-bond acceptors (Lipinski definition) is 3. The summed E-state index contributed by atoms with van der Waals surface area (Å²) >= 11 is 3.61. The topological polar surface area (TPSA) is 49.5 Å². The first-order valence-electron chi connectivity index (χ1n) is 6.51. The van der Waals surface area contributed by atoms with Gasteiger partial charge in [-0.25, -0.2) is 0 Å². The maximum absolute atomic E-state index is 9.27. The lowest BCUT2D eigenvalue weighted by molar-refractivity contribution is 0.128. The zero-order valence-corrected chi connectivity index (χ0v) is 12.3. The van der Waals surface area contributed by atoms with Crippen molar-refractivity contribution < 1.29 is 5.11 Å². The highest BCUT2D eigenvalue weighted by atomic mass is 79.9. The second-order valence-corrected chi connectivity index (χ2v) is 5.87. The SMILES string of the molecule is CC(N)C(c1ccccc1Br)N(CCO)C1CC1. The molecule has 0 radical (unpaired) electrons. The molecule has 100 valence electrons. The van der Waals surface area contributed by atoms with Crippen LogP contribution in [0.2, 0.25) is 0 Å². The molecule has 2 rings (SSSR count). The van der Waals surface area contributed by atoms with Gasteiger partial charge in [-0.2, -0.15) is 0 Å². The molecular weight excluding hydrogens is 292 g/mol. The fourth-order valence-electron chi connectivity index (χ4n) is 2.55. The monoisotopic (exact) mass is 312 g/mol. The van der Waals surface area contributed by atoms with Gasteiger partial charge in [0.25, 0.3) is 0 Å². The van der Waals surface area contributed by atoms with Gasteiger partial charge in [-0.3, -0.25) is 4.90 Å². The molecular formula is C14H21BrN2O. The molecule has 3 N–H and O–H groups in total. The van der Waals surface area contributed by atoms with Crippen LogP contribution in [0, 0.1) is 0 Å². The molecule has 0 aromatic heterocycles. The molecule has 0 aliphatic heterocycles. The van der Waals surface area contributed by atoms with Crippen LogP contribution in [0.3, 0.4) is 0 Å². The Bertz CT molecular complexity index is 393. The van der Waals surface area contributed by atoms with Gasteiger partial charge >= 0.3 is 0 Å². The second-order valence-electron chi connectivity index (χ2n) is 5.02. The number of benzene rings is 1. The normalized spacial score (nSPS) is 18.9. The average Bonchev–Trinajstić information content (AvgIpc) is 3.14. The first kappa shape index (κ1) is 14.0. The first-order valence-corrected chi connectivity index (χ1v) is 7.31. The Kier molecular flexibility index (Phi) is 4.78. The van der Waals surface area contributed by atoms with Crippen molar-refractivity contribution in [2.45, 2.75) is 37.9 Å². The minimum absolute atomic E-state index is 0.0378. The van der Waals surface area contributed by atoms with E-state index in [9.17, 15) is 5.11 Å². The third-order valence-electron chi connectivity index (χ3n) is 3.45. The summed E-state index contributed by atoms with van der Waals surface area (Å²) in [6, 6.07) is 9.01. The highest BCUT2D eigenvalue weighted by Gasteiger charge is 2.36. The van der Waals surface area contributed by atoms with Crippen molar-refractivity contribution in [3.63, 3.8) is 0 Å². The van der Waals surface area contributed by atoms with Gasteiger partial charge in [0.1, 0.15) is 0 Å². The Balaban J connectivity index is 2.29. The summed E-state index contributed by atoms with van der Waals surface area (Å²) in [4.78, 5) is 2.35. The van der Waals surface area contributed by atoms with Gasteiger partial charge < -0.3 is 10.8 Å². The van der Waals surface area contributed by atoms with Gasteiger partial charge in [-0.05, 0) is 31.4 Å². The number of aliphatic hydroxyl groups excluding tert-OH is 1. The van der Waals surface area contributed by atoms with Gasteiger partial charge in [0, 0.05) is 23.1 Å². The molecule has 0 saturated heterocycles. The van der Waals surface area contributed by atoms with E-state index in [1.165, 1.54) is 18.4 Å². The molecule has 0 amide bonds. The van der Waals surface area contributed by atoms with E-state index in [1.807, 2.05) is 19.1 Å². The van der Waals surface area contributed by atoms with Gasteiger partial charge in [-0.1, -0.05) is 34.1 Å². The number of hydrogen-bond donors (Lipinski definition) is 2. The molecule has 1 aromatic carbocycles. The summed E-state index contributed by atoms with van der Waals surface area (Å²) < 4.78 is 1.09. The molecule has 1 aliphatic carbocycles. The van der Waals surface area contributed by atoms with E-state index in [1.54, 1.807) is 0 Å². The van der Waals surface area contributed by atoms with Crippen LogP contribution in [-0.2, 0) is 0 Å². The van der Waals surface area contributed by atoms with Crippen LogP contribution < -0.4 is 5.73 Å². The molecule has 0 heterocycles. The molecule has 4 heteroatoms. The van der Waals surface area contributed by atoms with Gasteiger partial charge in [0.2, 0.25) is 0 Å². The first-order chi connectivity index (χ1) is 8.65. The summed E-state index contributed by atoms with van der Waals surface area (Å²) in [5, 5.41) is 9.27. The summed E-state index contributed by atoms with van der Waals surface area (Å²) in [7, 11) is 0. The minimum atomic E-state index is 0.0378. The number of aliphatic hydroxyl groups is 1. The molecule has 18 heavy (non-hydrogen) atoms. The molecule has 3 nitrogen and oxygen atoms in total. The average molecular weight is 313 g/mol. The van der Waals surface area contributed by atoms with E-state index >= 15 is 0 Å². The minimum Gasteiger partial charge on any atom is -0.395 e. The summed E-state index contributed by atoms with van der Waals surface area (Å²) in [6.07, 6.45) is 2.43. The Labute approximate surface area is 117 Å². The third-order valence-corrected chi connectivity index (χ3v) is 4.18. The zero-order chi connectivity index (χ0) is 13.1. The van der Waals surface area contributed by atoms with E-state index in [2.05, 4.69) is 33.0 Å². The van der Waals surface area contributed by atoms with Crippen LogP contribution in [0.1, 0.15) is 31.4 Å². The summed E-state index contributed by atoms with van der Waals surface area (Å²) in [5.74, 6) is 0. The smallest absolute Gasteiger partial charge is 0.0558 e. The van der Waals surface area contributed by atoms with Crippen molar-refractivity contribution in [3.05, 3.63) is 34.3 Å². The summed E-state index contributed by atoms with van der Waals surface area (Å²) in [6.45, 7) is 2.92. The van der Waals surface area contributed by atoms with E-state index in [0.29, 0.717) is 12.6 Å². The molecule has 2 unspecified atom stereocenters. The second kappa shape index (κ2) is 6.15. The Morgan fingerprint density at radius 1 is 1.44 bits per heavy atom. The predicted molar refractivity (Wildman–Crippen MR) is 77.3 cm³/mol. The van der Waals surface area contributed by atoms with Crippen molar-refractivity contribution in [1.82, 2.24) is 4.90 Å². The van der Waals surface area contributed by atoms with Gasteiger partial charge in [0.05, 0.1) is 12.6 Å². The molecule has 0 spiro atoms. The maximum Gasteiger partial charge on any atom is 0.0558 e. The number of nitrogens with two attached hydrogens (primary N) is 1. The van der Waals surface area contributed by atoms with Crippen LogP contribution in [0.25, 0.3) is 0 Å². The van der Waals surface area contributed by atoms with Crippen LogP contribution >= 0.6 is 15.9 Å². The van der Waals surface area contributed by atoms with Crippen molar-refractivity contribution in [2.75, 3.05) is 13.2 Å². The van der Waals surface area contributed by atoms with E-state index in [0.717, 1.165) is 4.47 Å². The molecule has 1 saturated carbocycles. The molecule has 1 aliphatic rings. The number of nitrogens with zero attached hydrogens (tertiary/aromatic N) is 1. The van der Waals surface area contributed by atoms with E-state index in [-0.39, 0.29) is 18.7 Å². The standard InChI is InChI=1S/C14H21BrN2O/c1-10(16)14(12-4-2-3-5-13(12)15)17(8-9-18)11-6-7-11/h2-5,10-11,14,18H,6-9,16H2,1H3. The fourth-order valence-corrected chi connectivity index (χ4v) is 3.07. The lowest BCUT2D eigenvalue weighted by Gasteiger charge is -2.35. The largest absolute Gasteiger partial charge is 0.395 e. The summed E-state index contributed by atoms with van der Waals surface area (Å²) in [5.41, 5.74) is 7.41. The molecule has 1 fully saturated rings. The highest BCUT2D eigenvalue weighted by Crippen LogP contribution is 2.37. The number of halogens is 1. The van der Waals surface area contributed by atoms with Crippen molar-refractivity contribution in [2.24, 2.45) is 5.73 Å². The lowest BCUT2D eigenvalue weighted by atomic mass is 9.99.